The number of carbonyl (C=O) groups is 2. The Bertz CT molecular complexity index is 1500. The summed E-state index contributed by atoms with van der Waals surface area (Å²) in [5, 5.41) is 23.8. The lowest BCUT2D eigenvalue weighted by molar-refractivity contribution is -0.288. The molecule has 14 heteroatoms. The fourth-order valence-corrected chi connectivity index (χ4v) is 7.63. The van der Waals surface area contributed by atoms with Gasteiger partial charge in [0.1, 0.15) is 17.6 Å². The Kier molecular flexibility index (Phi) is 16.9. The van der Waals surface area contributed by atoms with Gasteiger partial charge in [-0.05, 0) is 50.5 Å². The summed E-state index contributed by atoms with van der Waals surface area (Å²) in [5.74, 6) is 0.382. The summed E-state index contributed by atoms with van der Waals surface area (Å²) < 4.78 is 49.5. The van der Waals surface area contributed by atoms with Crippen LogP contribution in [0.1, 0.15) is 116 Å². The van der Waals surface area contributed by atoms with Gasteiger partial charge in [-0.1, -0.05) is 44.5 Å². The molecule has 3 aliphatic heterocycles. The molecule has 2 aromatic rings. The van der Waals surface area contributed by atoms with Crippen LogP contribution in [0.2, 0.25) is 0 Å². The zero-order valence-corrected chi connectivity index (χ0v) is 33.1. The van der Waals surface area contributed by atoms with Crippen molar-refractivity contribution in [2.45, 2.75) is 160 Å². The SMILES string of the molecule is CCCC1OC(CC(O)CC(C)OC(C)=O)CC(CC2CC(CC3CC(CC)OC(c4cccc(OC(=O)NCCCl)c4)O3)OC(c3cccc(O)c3)O2)O1. The molecule has 2 aromatic carbocycles. The first kappa shape index (κ1) is 43.1. The Morgan fingerprint density at radius 1 is 0.855 bits per heavy atom. The van der Waals surface area contributed by atoms with Gasteiger partial charge < -0.3 is 53.4 Å². The number of halogens is 1. The molecular formula is C41H58ClNO12. The second-order valence-corrected chi connectivity index (χ2v) is 15.1. The van der Waals surface area contributed by atoms with Crippen LogP contribution < -0.4 is 10.1 Å². The summed E-state index contributed by atoms with van der Waals surface area (Å²) in [7, 11) is 0. The van der Waals surface area contributed by atoms with Gasteiger partial charge in [-0.15, -0.1) is 11.6 Å². The highest BCUT2D eigenvalue weighted by Gasteiger charge is 2.40. The molecule has 0 aromatic heterocycles. The number of aliphatic hydroxyl groups is 1. The van der Waals surface area contributed by atoms with E-state index in [4.69, 9.17) is 49.5 Å². The van der Waals surface area contributed by atoms with Gasteiger partial charge in [0.05, 0.1) is 42.7 Å². The second-order valence-electron chi connectivity index (χ2n) is 14.7. The number of nitrogens with one attached hydrogen (secondary N) is 1. The van der Waals surface area contributed by atoms with Crippen molar-refractivity contribution in [3.63, 3.8) is 0 Å². The number of carbonyl (C=O) groups excluding carboxylic acids is 2. The predicted molar refractivity (Wildman–Crippen MR) is 203 cm³/mol. The van der Waals surface area contributed by atoms with Crippen LogP contribution >= 0.6 is 11.6 Å². The standard InChI is InChI=1S/C41H58ClNO12/c1-5-9-38-49-33(19-30(46)16-25(3)48-26(4)44)21-34(50-38)22-36-24-37(54-39(53-36)27-10-7-12-29(45)17-27)23-35-20-31(6-2)51-40(52-35)28-11-8-13-32(18-28)55-41(47)43-15-14-42/h7-8,10-13,17-18,25,30-31,33-40,45-46H,5-6,9,14-16,19-24H2,1-4H3,(H,43,47). The number of phenolic OH excluding ortho intramolecular Hbond substituents is 1. The topological polar surface area (TPSA) is 160 Å². The van der Waals surface area contributed by atoms with Crippen LogP contribution in [0.4, 0.5) is 4.79 Å². The lowest BCUT2D eigenvalue weighted by Crippen LogP contribution is -2.44. The number of rotatable bonds is 17. The molecule has 3 N–H and O–H groups in total. The van der Waals surface area contributed by atoms with Crippen LogP contribution in [0.3, 0.4) is 0 Å². The van der Waals surface area contributed by atoms with E-state index >= 15 is 0 Å². The monoisotopic (exact) mass is 791 g/mol. The summed E-state index contributed by atoms with van der Waals surface area (Å²) >= 11 is 5.68. The number of hydrogen-bond donors (Lipinski definition) is 3. The average Bonchev–Trinajstić information content (AvgIpc) is 3.13. The molecule has 306 valence electrons. The third-order valence-corrected chi connectivity index (χ3v) is 10.1. The highest BCUT2D eigenvalue weighted by atomic mass is 35.5. The van der Waals surface area contributed by atoms with Crippen LogP contribution in [-0.4, -0.2) is 89.8 Å². The summed E-state index contributed by atoms with van der Waals surface area (Å²) in [6.07, 6.45) is 1.37. The van der Waals surface area contributed by atoms with E-state index < -0.39 is 37.2 Å². The largest absolute Gasteiger partial charge is 0.508 e. The third kappa shape index (κ3) is 13.9. The molecule has 0 spiro atoms. The summed E-state index contributed by atoms with van der Waals surface area (Å²) in [6.45, 7) is 7.58. The Morgan fingerprint density at radius 2 is 1.44 bits per heavy atom. The van der Waals surface area contributed by atoms with E-state index in [1.54, 1.807) is 43.3 Å². The van der Waals surface area contributed by atoms with E-state index in [0.717, 1.165) is 18.4 Å². The molecule has 11 unspecified atom stereocenters. The first-order valence-corrected chi connectivity index (χ1v) is 20.2. The van der Waals surface area contributed by atoms with Gasteiger partial charge >= 0.3 is 12.1 Å². The molecule has 13 nitrogen and oxygen atoms in total. The molecule has 1 amide bonds. The highest BCUT2D eigenvalue weighted by Crippen LogP contribution is 2.40. The van der Waals surface area contributed by atoms with E-state index in [9.17, 15) is 19.8 Å². The predicted octanol–water partition coefficient (Wildman–Crippen LogP) is 7.35. The minimum absolute atomic E-state index is 0.0618. The van der Waals surface area contributed by atoms with E-state index in [1.165, 1.54) is 6.92 Å². The summed E-state index contributed by atoms with van der Waals surface area (Å²) in [4.78, 5) is 23.6. The van der Waals surface area contributed by atoms with E-state index in [2.05, 4.69) is 19.2 Å². The minimum atomic E-state index is -0.723. The van der Waals surface area contributed by atoms with Crippen molar-refractivity contribution in [3.8, 4) is 11.5 Å². The van der Waals surface area contributed by atoms with E-state index in [-0.39, 0.29) is 54.2 Å². The fraction of sp³-hybridized carbons (Fsp3) is 0.659. The molecular weight excluding hydrogens is 734 g/mol. The van der Waals surface area contributed by atoms with Gasteiger partial charge in [0.2, 0.25) is 0 Å². The van der Waals surface area contributed by atoms with Crippen LogP contribution in [-0.2, 0) is 38.0 Å². The van der Waals surface area contributed by atoms with Crippen molar-refractivity contribution < 1.29 is 57.7 Å². The number of alkyl halides is 1. The first-order valence-electron chi connectivity index (χ1n) is 19.7. The molecule has 3 heterocycles. The van der Waals surface area contributed by atoms with Crippen molar-refractivity contribution in [1.29, 1.82) is 0 Å². The van der Waals surface area contributed by atoms with Gasteiger partial charge in [-0.25, -0.2) is 4.79 Å². The van der Waals surface area contributed by atoms with Crippen LogP contribution in [0, 0.1) is 0 Å². The normalized spacial score (nSPS) is 29.5. The maximum atomic E-state index is 12.2. The summed E-state index contributed by atoms with van der Waals surface area (Å²) in [5.41, 5.74) is 1.44. The van der Waals surface area contributed by atoms with Crippen LogP contribution in [0.15, 0.2) is 48.5 Å². The number of aliphatic hydroxyl groups excluding tert-OH is 1. The average molecular weight is 792 g/mol. The van der Waals surface area contributed by atoms with Crippen LogP contribution in [0.25, 0.3) is 0 Å². The number of aromatic hydroxyl groups is 1. The van der Waals surface area contributed by atoms with E-state index in [1.807, 2.05) is 12.1 Å². The first-order chi connectivity index (χ1) is 26.5. The molecule has 0 saturated carbocycles. The molecule has 11 atom stereocenters. The Balaban J connectivity index is 1.28. The van der Waals surface area contributed by atoms with Gasteiger partial charge in [-0.2, -0.15) is 0 Å². The van der Waals surface area contributed by atoms with Gasteiger partial charge in [-0.3, -0.25) is 4.79 Å². The van der Waals surface area contributed by atoms with Crippen molar-refractivity contribution in [2.24, 2.45) is 0 Å². The van der Waals surface area contributed by atoms with Crippen molar-refractivity contribution in [1.82, 2.24) is 5.32 Å². The number of hydrogen-bond acceptors (Lipinski definition) is 12. The number of ether oxygens (including phenoxy) is 8. The number of amides is 1. The number of esters is 1. The van der Waals surface area contributed by atoms with Crippen molar-refractivity contribution >= 4 is 23.7 Å². The fourth-order valence-electron chi connectivity index (χ4n) is 7.53. The van der Waals surface area contributed by atoms with Gasteiger partial charge in [0.15, 0.2) is 18.9 Å². The molecule has 5 rings (SSSR count). The Labute approximate surface area is 329 Å². The lowest BCUT2D eigenvalue weighted by Gasteiger charge is -2.42. The zero-order chi connectivity index (χ0) is 39.3. The smallest absolute Gasteiger partial charge is 0.412 e. The molecule has 3 saturated heterocycles. The summed E-state index contributed by atoms with van der Waals surface area (Å²) in [6, 6.07) is 14.0. The van der Waals surface area contributed by atoms with Crippen LogP contribution in [0.5, 0.6) is 11.5 Å². The molecule has 0 radical (unpaired) electrons. The molecule has 0 bridgehead atoms. The Hall–Kier alpha value is -3.01. The van der Waals surface area contributed by atoms with Crippen molar-refractivity contribution in [3.05, 3.63) is 59.7 Å². The zero-order valence-electron chi connectivity index (χ0n) is 32.3. The second kappa shape index (κ2) is 21.5. The third-order valence-electron chi connectivity index (χ3n) is 9.91. The molecule has 3 fully saturated rings. The highest BCUT2D eigenvalue weighted by molar-refractivity contribution is 6.18. The minimum Gasteiger partial charge on any atom is -0.508 e. The van der Waals surface area contributed by atoms with Gasteiger partial charge in [0.25, 0.3) is 0 Å². The maximum Gasteiger partial charge on any atom is 0.412 e. The van der Waals surface area contributed by atoms with E-state index in [0.29, 0.717) is 69.2 Å². The molecule has 55 heavy (non-hydrogen) atoms. The molecule has 0 aliphatic carbocycles. The van der Waals surface area contributed by atoms with Gasteiger partial charge in [0, 0.05) is 69.0 Å². The lowest BCUT2D eigenvalue weighted by atomic mass is 9.93. The number of phenols is 1. The molecule has 3 aliphatic rings. The number of benzene rings is 2. The van der Waals surface area contributed by atoms with Crippen molar-refractivity contribution in [2.75, 3.05) is 12.4 Å². The Morgan fingerprint density at radius 3 is 2.05 bits per heavy atom. The quantitative estimate of drug-likeness (QED) is 0.108. The maximum absolute atomic E-state index is 12.2.